The topological polar surface area (TPSA) is 152 Å². The van der Waals surface area contributed by atoms with E-state index >= 15 is 0 Å². The molecule has 1 fully saturated rings. The Morgan fingerprint density at radius 2 is 1.84 bits per heavy atom. The summed E-state index contributed by atoms with van der Waals surface area (Å²) < 4.78 is 66.9. The average Bonchev–Trinajstić information content (AvgIpc) is 3.45. The molecule has 2 N–H and O–H groups in total. The highest BCUT2D eigenvalue weighted by Gasteiger charge is 2.40. The van der Waals surface area contributed by atoms with E-state index in [4.69, 9.17) is 15.2 Å². The number of hydrogen-bond donors (Lipinski definition) is 2. The maximum atomic E-state index is 13.3. The first-order valence-corrected chi connectivity index (χ1v) is 17.7. The van der Waals surface area contributed by atoms with Gasteiger partial charge >= 0.3 is 26.3 Å². The number of aliphatic imine (C=N–C) groups is 2. The van der Waals surface area contributed by atoms with E-state index in [-0.39, 0.29) is 37.8 Å². The molecule has 1 aliphatic rings. The van der Waals surface area contributed by atoms with E-state index < -0.39 is 50.6 Å². The largest absolute Gasteiger partial charge is 0.471 e. The standard InChI is InChI=1S/C32H52F3N8O6P/c1-9-36-21-47-50(43(22(2)3)23(4)5)49-26-18-28(48-24(26)6)42-19-25(29(40-31(42)46)39-20-41(7)8)14-15-27(44)37-16-12-10-11-13-17-38-30(45)32(33,34)35/h14-15,19-24,26,28H,9-13,16-18H2,1-8H3,(H,37,44)(H,38,45)/b15-14+,36-21+,39-20+/t24-,26?,28-,50?/m1/s1/i6D. The van der Waals surface area contributed by atoms with Gasteiger partial charge in [-0.1, -0.05) is 12.8 Å². The number of amides is 2. The number of nitrogens with zero attached hydrogens (tertiary/aromatic N) is 6. The monoisotopic (exact) mass is 733 g/mol. The Kier molecular flexibility index (Phi) is 17.3. The second kappa shape index (κ2) is 21.1. The van der Waals surface area contributed by atoms with Crippen LogP contribution in [0.5, 0.6) is 0 Å². The van der Waals surface area contributed by atoms with E-state index in [9.17, 15) is 27.6 Å². The van der Waals surface area contributed by atoms with Gasteiger partial charge in [-0.25, -0.2) is 14.5 Å². The van der Waals surface area contributed by atoms with Crippen molar-refractivity contribution in [3.63, 3.8) is 0 Å². The highest BCUT2D eigenvalue weighted by atomic mass is 31.2. The van der Waals surface area contributed by atoms with Gasteiger partial charge in [0.15, 0.2) is 12.2 Å². The number of ether oxygens (including phenoxy) is 1. The molecule has 1 aromatic rings. The van der Waals surface area contributed by atoms with Crippen LogP contribution < -0.4 is 16.3 Å². The zero-order valence-electron chi connectivity index (χ0n) is 30.9. The van der Waals surface area contributed by atoms with Crippen LogP contribution in [0.4, 0.5) is 19.0 Å². The van der Waals surface area contributed by atoms with Crippen LogP contribution in [-0.4, -0.2) is 108 Å². The molecule has 50 heavy (non-hydrogen) atoms. The molecular formula is C32H52F3N8O6P. The van der Waals surface area contributed by atoms with Crippen molar-refractivity contribution >= 4 is 45.0 Å². The average molecular weight is 734 g/mol. The van der Waals surface area contributed by atoms with Gasteiger partial charge in [-0.3, -0.25) is 19.1 Å². The van der Waals surface area contributed by atoms with Gasteiger partial charge in [0.2, 0.25) is 5.91 Å². The number of nitrogens with one attached hydrogen (secondary N) is 2. The number of halogens is 3. The molecule has 18 heteroatoms. The molecule has 4 atom stereocenters. The van der Waals surface area contributed by atoms with Gasteiger partial charge in [-0.05, 0) is 60.4 Å². The summed E-state index contributed by atoms with van der Waals surface area (Å²) in [4.78, 5) is 51.0. The molecule has 0 radical (unpaired) electrons. The van der Waals surface area contributed by atoms with E-state index in [0.717, 1.165) is 0 Å². The van der Waals surface area contributed by atoms with Crippen molar-refractivity contribution in [2.75, 3.05) is 33.7 Å². The zero-order valence-corrected chi connectivity index (χ0v) is 30.7. The first-order valence-electron chi connectivity index (χ1n) is 17.3. The van der Waals surface area contributed by atoms with Crippen LogP contribution in [0.1, 0.15) is 86.8 Å². The van der Waals surface area contributed by atoms with Crippen molar-refractivity contribution in [1.29, 1.82) is 0 Å². The van der Waals surface area contributed by atoms with Crippen LogP contribution in [0, 0.1) is 0 Å². The number of hydrogen-bond acceptors (Lipinski definition) is 10. The maximum absolute atomic E-state index is 13.3. The summed E-state index contributed by atoms with van der Waals surface area (Å²) in [6.45, 7) is 10.7. The summed E-state index contributed by atoms with van der Waals surface area (Å²) in [6.07, 6.45) is 2.63. The Labute approximate surface area is 294 Å². The lowest BCUT2D eigenvalue weighted by atomic mass is 10.2. The number of unbranched alkanes of at least 4 members (excludes halogenated alkanes) is 3. The fourth-order valence-corrected chi connectivity index (χ4v) is 6.39. The number of rotatable bonds is 20. The molecule has 2 amide bonds. The molecule has 0 aliphatic carbocycles. The predicted molar refractivity (Wildman–Crippen MR) is 188 cm³/mol. The Balaban J connectivity index is 2.16. The third-order valence-electron chi connectivity index (χ3n) is 7.09. The molecule has 282 valence electrons. The molecule has 1 aliphatic heterocycles. The predicted octanol–water partition coefficient (Wildman–Crippen LogP) is 4.94. The Morgan fingerprint density at radius 3 is 2.42 bits per heavy atom. The Bertz CT molecular complexity index is 1390. The van der Waals surface area contributed by atoms with Gasteiger partial charge < -0.3 is 29.3 Å². The normalized spacial score (nSPS) is 19.3. The molecule has 2 rings (SSSR count). The van der Waals surface area contributed by atoms with E-state index in [1.165, 1.54) is 35.7 Å². The summed E-state index contributed by atoms with van der Waals surface area (Å²) in [5.41, 5.74) is -0.263. The minimum Gasteiger partial charge on any atom is -0.425 e. The van der Waals surface area contributed by atoms with Crippen molar-refractivity contribution in [3.8, 4) is 0 Å². The summed E-state index contributed by atoms with van der Waals surface area (Å²) >= 11 is 0. The van der Waals surface area contributed by atoms with Crippen molar-refractivity contribution < 1.29 is 37.9 Å². The fourth-order valence-electron chi connectivity index (χ4n) is 4.77. The highest BCUT2D eigenvalue weighted by Crippen LogP contribution is 2.49. The molecule has 0 aromatic carbocycles. The number of aromatic nitrogens is 2. The van der Waals surface area contributed by atoms with Crippen LogP contribution in [0.25, 0.3) is 6.08 Å². The molecule has 2 unspecified atom stereocenters. The summed E-state index contributed by atoms with van der Waals surface area (Å²) in [7, 11) is 1.89. The quantitative estimate of drug-likeness (QED) is 0.0625. The van der Waals surface area contributed by atoms with E-state index in [0.29, 0.717) is 44.3 Å². The summed E-state index contributed by atoms with van der Waals surface area (Å²) in [5, 5.41) is 4.58. The van der Waals surface area contributed by atoms with E-state index in [1.54, 1.807) is 19.0 Å². The van der Waals surface area contributed by atoms with Crippen molar-refractivity contribution in [1.82, 2.24) is 29.8 Å². The molecule has 0 spiro atoms. The second-order valence-electron chi connectivity index (χ2n) is 12.2. The lowest BCUT2D eigenvalue weighted by Gasteiger charge is -2.36. The van der Waals surface area contributed by atoms with Crippen LogP contribution in [0.2, 0.25) is 0 Å². The van der Waals surface area contributed by atoms with E-state index in [2.05, 4.69) is 25.0 Å². The van der Waals surface area contributed by atoms with Crippen LogP contribution >= 0.6 is 8.53 Å². The lowest BCUT2D eigenvalue weighted by molar-refractivity contribution is -0.173. The molecule has 2 heterocycles. The minimum absolute atomic E-state index is 0.0788. The molecule has 0 saturated carbocycles. The van der Waals surface area contributed by atoms with Gasteiger partial charge in [0.1, 0.15) is 6.23 Å². The zero-order chi connectivity index (χ0) is 38.1. The van der Waals surface area contributed by atoms with Crippen LogP contribution in [-0.2, 0) is 23.4 Å². The number of alkyl halides is 3. The molecule has 1 aromatic heterocycles. The SMILES string of the molecule is [2H]C[C@H]1O[C@@H](n2cc(/C=C/C(=O)NCCCCCCNC(=O)C(F)(F)F)c(/N=C/N(C)C)nc2=O)CC1OP(O/C=N/CC)N(C(C)C)C(C)C. The first-order chi connectivity index (χ1) is 24.1. The highest BCUT2D eigenvalue weighted by molar-refractivity contribution is 7.45. The Hall–Kier alpha value is -3.40. The smallest absolute Gasteiger partial charge is 0.425 e. The van der Waals surface area contributed by atoms with E-state index in [1.807, 2.05) is 39.9 Å². The summed E-state index contributed by atoms with van der Waals surface area (Å²) in [6, 6.07) is 0.171. The van der Waals surface area contributed by atoms with Crippen molar-refractivity contribution in [2.45, 2.75) is 110 Å². The third kappa shape index (κ3) is 14.4. The van der Waals surface area contributed by atoms with Crippen molar-refractivity contribution in [2.24, 2.45) is 9.98 Å². The van der Waals surface area contributed by atoms with Gasteiger partial charge in [0.05, 0.1) is 18.5 Å². The van der Waals surface area contributed by atoms with Gasteiger partial charge in [0.25, 0.3) is 0 Å². The fraction of sp³-hybridized carbons (Fsp3) is 0.688. The van der Waals surface area contributed by atoms with Gasteiger partial charge in [0, 0.05) is 71.4 Å². The number of carbonyl (C=O) groups is 2. The molecule has 14 nitrogen and oxygen atoms in total. The van der Waals surface area contributed by atoms with Crippen LogP contribution in [0.15, 0.2) is 27.1 Å². The molecular weight excluding hydrogens is 680 g/mol. The lowest BCUT2D eigenvalue weighted by Crippen LogP contribution is -2.37. The number of carbonyl (C=O) groups excluding carboxylic acids is 2. The Morgan fingerprint density at radius 1 is 1.18 bits per heavy atom. The second-order valence-corrected chi connectivity index (χ2v) is 13.6. The summed E-state index contributed by atoms with van der Waals surface area (Å²) in [5.74, 6) is -2.28. The first kappa shape index (κ1) is 41.0. The van der Waals surface area contributed by atoms with Gasteiger partial charge in [-0.2, -0.15) is 18.2 Å². The maximum Gasteiger partial charge on any atom is 0.471 e. The molecule has 1 saturated heterocycles. The molecule has 0 bridgehead atoms. The third-order valence-corrected chi connectivity index (χ3v) is 9.11. The van der Waals surface area contributed by atoms with Crippen molar-refractivity contribution in [3.05, 3.63) is 28.3 Å². The van der Waals surface area contributed by atoms with Crippen LogP contribution in [0.3, 0.4) is 0 Å². The van der Waals surface area contributed by atoms with Gasteiger partial charge in [-0.15, -0.1) is 0 Å². The minimum atomic E-state index is -4.90.